The fourth-order valence-corrected chi connectivity index (χ4v) is 3.89. The number of nitrogens with zero attached hydrogens (tertiary/aromatic N) is 1. The first-order valence-corrected chi connectivity index (χ1v) is 9.53. The highest BCUT2D eigenvalue weighted by molar-refractivity contribution is 7.80. The molecule has 144 valence electrons. The Kier molecular flexibility index (Phi) is 5.93. The van der Waals surface area contributed by atoms with E-state index in [1.165, 1.54) is 23.5 Å². The number of phenolic OH excluding ortho intramolecular Hbond substituents is 1. The van der Waals surface area contributed by atoms with Gasteiger partial charge in [-0.2, -0.15) is 0 Å². The van der Waals surface area contributed by atoms with Crippen LogP contribution in [0.2, 0.25) is 5.02 Å². The Morgan fingerprint density at radius 1 is 1.11 bits per heavy atom. The Morgan fingerprint density at radius 2 is 1.86 bits per heavy atom. The van der Waals surface area contributed by atoms with Crippen LogP contribution in [0.15, 0.2) is 52.9 Å². The van der Waals surface area contributed by atoms with Gasteiger partial charge in [0, 0.05) is 43.8 Å². The van der Waals surface area contributed by atoms with E-state index >= 15 is 0 Å². The summed E-state index contributed by atoms with van der Waals surface area (Å²) in [6.07, 6.45) is 1.65. The molecule has 2 aromatic carbocycles. The third kappa shape index (κ3) is 3.99. The van der Waals surface area contributed by atoms with Gasteiger partial charge in [-0.25, -0.2) is 13.8 Å². The molecule has 0 aliphatic rings. The van der Waals surface area contributed by atoms with Gasteiger partial charge in [0.2, 0.25) is 0 Å². The molecule has 0 atom stereocenters. The molecule has 4 rings (SSSR count). The van der Waals surface area contributed by atoms with E-state index in [1.807, 2.05) is 11.4 Å². The lowest BCUT2D eigenvalue weighted by molar-refractivity contribution is 0.467. The van der Waals surface area contributed by atoms with Crippen LogP contribution in [-0.4, -0.2) is 10.1 Å². The number of halogens is 3. The van der Waals surface area contributed by atoms with Gasteiger partial charge in [-0.05, 0) is 18.2 Å². The molecule has 9 heteroatoms. The smallest absolute Gasteiger partial charge is 0.153 e. The van der Waals surface area contributed by atoms with Crippen LogP contribution in [0.5, 0.6) is 5.75 Å². The van der Waals surface area contributed by atoms with Crippen LogP contribution in [0.4, 0.5) is 20.3 Å². The maximum atomic E-state index is 14.0. The number of benzene rings is 2. The summed E-state index contributed by atoms with van der Waals surface area (Å²) in [4.78, 5) is 4.18. The van der Waals surface area contributed by atoms with E-state index < -0.39 is 11.6 Å². The summed E-state index contributed by atoms with van der Waals surface area (Å²) >= 11 is 10.7. The normalized spacial score (nSPS) is 10.6. The van der Waals surface area contributed by atoms with Crippen molar-refractivity contribution in [1.29, 1.82) is 0 Å². The van der Waals surface area contributed by atoms with Crippen LogP contribution in [0.3, 0.4) is 0 Å². The van der Waals surface area contributed by atoms with Gasteiger partial charge < -0.3 is 16.6 Å². The van der Waals surface area contributed by atoms with Crippen molar-refractivity contribution in [2.75, 3.05) is 11.5 Å². The highest BCUT2D eigenvalue weighted by Crippen LogP contribution is 2.38. The van der Waals surface area contributed by atoms with Gasteiger partial charge in [0.1, 0.15) is 17.4 Å². The predicted molar refractivity (Wildman–Crippen MR) is 114 cm³/mol. The number of pyridine rings is 1. The van der Waals surface area contributed by atoms with Gasteiger partial charge in [0.25, 0.3) is 0 Å². The molecule has 5 N–H and O–H groups in total. The molecule has 0 unspecified atom stereocenters. The van der Waals surface area contributed by atoms with Crippen molar-refractivity contribution in [1.82, 2.24) is 4.98 Å². The number of rotatable bonds is 1. The maximum Gasteiger partial charge on any atom is 0.153 e. The Bertz CT molecular complexity index is 1120. The largest absolute Gasteiger partial charge is 0.506 e. The molecule has 4 nitrogen and oxygen atoms in total. The minimum absolute atomic E-state index is 0.103. The number of nitrogen functional groups attached to an aromatic ring is 2. The quantitative estimate of drug-likeness (QED) is 0.226. The summed E-state index contributed by atoms with van der Waals surface area (Å²) in [6.45, 7) is 0. The average Bonchev–Trinajstić information content (AvgIpc) is 3.08. The number of nitrogens with two attached hydrogens (primary N) is 2. The number of hydrogen-bond acceptors (Lipinski definition) is 6. The standard InChI is InChI=1S/C13H10FN3S.C6H4ClFOS/c14-12-7(2-1-3-9(12)15)8-6-18-10-4-5-17-13(16)11(8)10;7-3-1-6(10)4(8)2-5(3)9/h1-6H,15H2,(H2,16,17);1-2,9-10H. The van der Waals surface area contributed by atoms with E-state index in [0.29, 0.717) is 11.4 Å². The number of thiol groups is 1. The van der Waals surface area contributed by atoms with Gasteiger partial charge in [0.15, 0.2) is 5.82 Å². The minimum atomic E-state index is -0.578. The zero-order valence-corrected chi connectivity index (χ0v) is 16.6. The van der Waals surface area contributed by atoms with Crippen molar-refractivity contribution in [2.24, 2.45) is 0 Å². The fraction of sp³-hybridized carbons (Fsp3) is 0. The molecular weight excluding hydrogens is 424 g/mol. The molecule has 0 amide bonds. The molecule has 2 aromatic heterocycles. The van der Waals surface area contributed by atoms with E-state index in [1.54, 1.807) is 18.3 Å². The first kappa shape index (κ1) is 20.2. The zero-order valence-electron chi connectivity index (χ0n) is 14.2. The highest BCUT2D eigenvalue weighted by atomic mass is 35.5. The van der Waals surface area contributed by atoms with Crippen molar-refractivity contribution in [3.63, 3.8) is 0 Å². The number of aromatic nitrogens is 1. The molecule has 0 saturated carbocycles. The van der Waals surface area contributed by atoms with Crippen molar-refractivity contribution >= 4 is 57.2 Å². The van der Waals surface area contributed by atoms with Crippen molar-refractivity contribution in [3.8, 4) is 16.9 Å². The Labute approximate surface area is 173 Å². The second-order valence-electron chi connectivity index (χ2n) is 5.68. The van der Waals surface area contributed by atoms with E-state index in [4.69, 9.17) is 28.2 Å². The molecule has 0 aliphatic heterocycles. The lowest BCUT2D eigenvalue weighted by Gasteiger charge is -2.05. The van der Waals surface area contributed by atoms with Crippen molar-refractivity contribution in [3.05, 3.63) is 64.6 Å². The van der Waals surface area contributed by atoms with Gasteiger partial charge >= 0.3 is 0 Å². The number of fused-ring (bicyclic) bond motifs is 1. The third-order valence-corrected chi connectivity index (χ3v) is 5.44. The summed E-state index contributed by atoms with van der Waals surface area (Å²) in [5.41, 5.74) is 12.8. The number of hydrogen-bond donors (Lipinski definition) is 4. The molecule has 4 aromatic rings. The van der Waals surface area contributed by atoms with Crippen LogP contribution in [0, 0.1) is 11.6 Å². The molecule has 0 bridgehead atoms. The molecular formula is C19H14ClF2N3OS2. The summed E-state index contributed by atoms with van der Waals surface area (Å²) in [5.74, 6) is -0.853. The molecule has 0 radical (unpaired) electrons. The Morgan fingerprint density at radius 3 is 2.57 bits per heavy atom. The maximum absolute atomic E-state index is 14.0. The third-order valence-electron chi connectivity index (χ3n) is 3.85. The first-order valence-electron chi connectivity index (χ1n) is 7.82. The predicted octanol–water partition coefficient (Wildman–Crippen LogP) is 5.74. The van der Waals surface area contributed by atoms with Crippen LogP contribution in [0.1, 0.15) is 0 Å². The lowest BCUT2D eigenvalue weighted by atomic mass is 10.0. The summed E-state index contributed by atoms with van der Waals surface area (Å²) in [7, 11) is 0. The average molecular weight is 438 g/mol. The van der Waals surface area contributed by atoms with Crippen molar-refractivity contribution < 1.29 is 13.9 Å². The second-order valence-corrected chi connectivity index (χ2v) is 7.48. The topological polar surface area (TPSA) is 85.2 Å². The first-order chi connectivity index (χ1) is 13.3. The second kappa shape index (κ2) is 8.22. The molecule has 0 aliphatic carbocycles. The van der Waals surface area contributed by atoms with E-state index in [2.05, 4.69) is 17.6 Å². The summed E-state index contributed by atoms with van der Waals surface area (Å²) in [5, 5.41) is 11.6. The summed E-state index contributed by atoms with van der Waals surface area (Å²) < 4.78 is 27.5. The van der Waals surface area contributed by atoms with Gasteiger partial charge in [0.05, 0.1) is 10.7 Å². The number of aromatic hydroxyl groups is 1. The Hall–Kier alpha value is -2.55. The van der Waals surface area contributed by atoms with Crippen LogP contribution < -0.4 is 11.5 Å². The Balaban J connectivity index is 0.000000192. The van der Waals surface area contributed by atoms with Crippen LogP contribution in [0.25, 0.3) is 21.2 Å². The molecule has 28 heavy (non-hydrogen) atoms. The fourth-order valence-electron chi connectivity index (χ4n) is 2.49. The van der Waals surface area contributed by atoms with Gasteiger partial charge in [-0.1, -0.05) is 23.7 Å². The van der Waals surface area contributed by atoms with E-state index in [-0.39, 0.29) is 21.4 Å². The molecule has 0 saturated heterocycles. The van der Waals surface area contributed by atoms with Gasteiger partial charge in [-0.3, -0.25) is 0 Å². The molecule has 0 fully saturated rings. The van der Waals surface area contributed by atoms with Gasteiger partial charge in [-0.15, -0.1) is 24.0 Å². The number of thiophene rings is 1. The SMILES string of the molecule is Nc1cccc(-c2csc3ccnc(N)c23)c1F.Oc1cc(F)c(S)cc1Cl. The zero-order chi connectivity index (χ0) is 20.4. The summed E-state index contributed by atoms with van der Waals surface area (Å²) in [6, 6.07) is 8.99. The molecule has 0 spiro atoms. The number of phenols is 1. The minimum Gasteiger partial charge on any atom is -0.506 e. The number of anilines is 2. The van der Waals surface area contributed by atoms with E-state index in [0.717, 1.165) is 21.7 Å². The molecule has 2 heterocycles. The van der Waals surface area contributed by atoms with E-state index in [9.17, 15) is 8.78 Å². The lowest BCUT2D eigenvalue weighted by Crippen LogP contribution is -1.94. The highest BCUT2D eigenvalue weighted by Gasteiger charge is 2.14. The van der Waals surface area contributed by atoms with Crippen LogP contribution in [-0.2, 0) is 0 Å². The van der Waals surface area contributed by atoms with Crippen molar-refractivity contribution in [2.45, 2.75) is 4.90 Å². The monoisotopic (exact) mass is 437 g/mol. The van der Waals surface area contributed by atoms with Crippen LogP contribution >= 0.6 is 35.6 Å².